The molecule has 0 spiro atoms. The molecule has 27 heavy (non-hydrogen) atoms. The maximum atomic E-state index is 12.8. The summed E-state index contributed by atoms with van der Waals surface area (Å²) >= 11 is 1.22. The molecule has 0 bridgehead atoms. The summed E-state index contributed by atoms with van der Waals surface area (Å²) in [4.78, 5) is 35.6. The number of benzene rings is 1. The third kappa shape index (κ3) is 4.01. The lowest BCUT2D eigenvalue weighted by Crippen LogP contribution is -2.18. The smallest absolute Gasteiger partial charge is 0.266 e. The van der Waals surface area contributed by atoms with Crippen molar-refractivity contribution >= 4 is 33.1 Å². The lowest BCUT2D eigenvalue weighted by Gasteiger charge is -2.10. The average molecular weight is 386 g/mol. The zero-order valence-corrected chi connectivity index (χ0v) is 16.6. The minimum Gasteiger partial charge on any atom is -0.492 e. The van der Waals surface area contributed by atoms with Gasteiger partial charge in [0.15, 0.2) is 0 Å². The molecule has 0 fully saturated rings. The van der Waals surface area contributed by atoms with Gasteiger partial charge in [-0.05, 0) is 45.6 Å². The molecule has 0 unspecified atom stereocenters. The van der Waals surface area contributed by atoms with E-state index in [0.717, 1.165) is 0 Å². The van der Waals surface area contributed by atoms with Crippen molar-refractivity contribution < 1.29 is 9.53 Å². The molecule has 2 aromatic heterocycles. The first-order valence-electron chi connectivity index (χ1n) is 8.61. The largest absolute Gasteiger partial charge is 0.492 e. The molecule has 0 aliphatic carbocycles. The van der Waals surface area contributed by atoms with E-state index in [2.05, 4.69) is 15.3 Å². The van der Waals surface area contributed by atoms with Crippen LogP contribution in [0.2, 0.25) is 0 Å². The van der Waals surface area contributed by atoms with Crippen molar-refractivity contribution in [2.24, 2.45) is 0 Å². The molecule has 0 radical (unpaired) electrons. The van der Waals surface area contributed by atoms with E-state index in [1.165, 1.54) is 11.3 Å². The first kappa shape index (κ1) is 19.1. The minimum atomic E-state index is -0.281. The van der Waals surface area contributed by atoms with Crippen LogP contribution in [-0.2, 0) is 6.54 Å². The maximum absolute atomic E-state index is 12.8. The summed E-state index contributed by atoms with van der Waals surface area (Å²) in [7, 11) is 3.80. The van der Waals surface area contributed by atoms with E-state index in [9.17, 15) is 9.59 Å². The summed E-state index contributed by atoms with van der Waals surface area (Å²) in [6.45, 7) is 4.68. The Bertz CT molecular complexity index is 1040. The highest BCUT2D eigenvalue weighted by Gasteiger charge is 2.20. The van der Waals surface area contributed by atoms with Crippen LogP contribution < -0.4 is 15.6 Å². The number of hydrogen-bond acceptors (Lipinski definition) is 6. The maximum Gasteiger partial charge on any atom is 0.266 e. The number of fused-ring (bicyclic) bond motifs is 1. The Labute approximate surface area is 161 Å². The van der Waals surface area contributed by atoms with Gasteiger partial charge < -0.3 is 19.9 Å². The number of aromatic nitrogens is 2. The van der Waals surface area contributed by atoms with Gasteiger partial charge in [-0.2, -0.15) is 0 Å². The van der Waals surface area contributed by atoms with Gasteiger partial charge in [0.25, 0.3) is 11.5 Å². The summed E-state index contributed by atoms with van der Waals surface area (Å²) < 4.78 is 5.55. The molecule has 7 nitrogen and oxygen atoms in total. The highest BCUT2D eigenvalue weighted by atomic mass is 32.1. The number of nitrogens with zero attached hydrogens (tertiary/aromatic N) is 2. The van der Waals surface area contributed by atoms with Crippen LogP contribution in [0.3, 0.4) is 0 Å². The molecule has 3 rings (SSSR count). The number of H-pyrrole nitrogens is 1. The standard InChI is InChI=1S/C19H22N4O3S/c1-5-26-13-9-7-6-8-12(13)20-18(25)16-11(2)15-17(24)21-14(10-23(3)4)22-19(15)27-16/h6-9H,5,10H2,1-4H3,(H,20,25)(H,21,22,24). The number of amides is 1. The summed E-state index contributed by atoms with van der Waals surface area (Å²) in [5.74, 6) is 0.903. The number of carbonyl (C=O) groups excluding carboxylic acids is 1. The molecule has 142 valence electrons. The first-order valence-corrected chi connectivity index (χ1v) is 9.42. The number of aromatic amines is 1. The number of rotatable bonds is 6. The fourth-order valence-corrected chi connectivity index (χ4v) is 3.91. The van der Waals surface area contributed by atoms with Crippen LogP contribution in [0.4, 0.5) is 5.69 Å². The Morgan fingerprint density at radius 1 is 1.33 bits per heavy atom. The van der Waals surface area contributed by atoms with E-state index in [1.807, 2.05) is 38.1 Å². The number of hydrogen-bond donors (Lipinski definition) is 2. The van der Waals surface area contributed by atoms with Crippen LogP contribution in [0, 0.1) is 6.92 Å². The Hall–Kier alpha value is -2.71. The number of thiophene rings is 1. The normalized spacial score (nSPS) is 11.1. The van der Waals surface area contributed by atoms with E-state index >= 15 is 0 Å². The quantitative estimate of drug-likeness (QED) is 0.680. The van der Waals surface area contributed by atoms with Gasteiger partial charge in [-0.3, -0.25) is 9.59 Å². The number of carbonyl (C=O) groups is 1. The Balaban J connectivity index is 1.97. The minimum absolute atomic E-state index is 0.223. The predicted molar refractivity (Wildman–Crippen MR) is 108 cm³/mol. The number of ether oxygens (including phenoxy) is 1. The van der Waals surface area contributed by atoms with Crippen LogP contribution in [-0.4, -0.2) is 41.5 Å². The fraction of sp³-hybridized carbons (Fsp3) is 0.316. The number of para-hydroxylation sites is 2. The van der Waals surface area contributed by atoms with Crippen molar-refractivity contribution in [3.63, 3.8) is 0 Å². The van der Waals surface area contributed by atoms with E-state index < -0.39 is 0 Å². The Morgan fingerprint density at radius 3 is 2.78 bits per heavy atom. The fourth-order valence-electron chi connectivity index (χ4n) is 2.81. The zero-order chi connectivity index (χ0) is 19.6. The molecular formula is C19H22N4O3S. The molecule has 0 aliphatic heterocycles. The van der Waals surface area contributed by atoms with Crippen LogP contribution in [0.1, 0.15) is 28.0 Å². The van der Waals surface area contributed by atoms with Crippen LogP contribution >= 0.6 is 11.3 Å². The van der Waals surface area contributed by atoms with Gasteiger partial charge in [0.05, 0.1) is 29.1 Å². The number of aryl methyl sites for hydroxylation is 1. The highest BCUT2D eigenvalue weighted by Crippen LogP contribution is 2.30. The average Bonchev–Trinajstić information content (AvgIpc) is 2.93. The lowest BCUT2D eigenvalue weighted by molar-refractivity contribution is 0.102. The molecule has 0 atom stereocenters. The molecule has 8 heteroatoms. The van der Waals surface area contributed by atoms with Gasteiger partial charge in [-0.25, -0.2) is 4.98 Å². The van der Waals surface area contributed by atoms with Gasteiger partial charge in [0.1, 0.15) is 16.4 Å². The summed E-state index contributed by atoms with van der Waals surface area (Å²) in [5, 5.41) is 3.34. The van der Waals surface area contributed by atoms with Gasteiger partial charge in [0, 0.05) is 0 Å². The molecule has 0 saturated heterocycles. The van der Waals surface area contributed by atoms with Crippen molar-refractivity contribution in [1.82, 2.24) is 14.9 Å². The first-order chi connectivity index (χ1) is 12.9. The molecule has 3 aromatic rings. The molecule has 1 amide bonds. The molecule has 1 aromatic carbocycles. The second-order valence-electron chi connectivity index (χ2n) is 6.37. The zero-order valence-electron chi connectivity index (χ0n) is 15.8. The molecule has 2 N–H and O–H groups in total. The van der Waals surface area contributed by atoms with Crippen LogP contribution in [0.15, 0.2) is 29.1 Å². The molecular weight excluding hydrogens is 364 g/mol. The Kier molecular flexibility index (Phi) is 5.57. The van der Waals surface area contributed by atoms with Crippen LogP contribution in [0.25, 0.3) is 10.2 Å². The topological polar surface area (TPSA) is 87.3 Å². The second-order valence-corrected chi connectivity index (χ2v) is 7.37. The van der Waals surface area contributed by atoms with Crippen molar-refractivity contribution in [3.8, 4) is 5.75 Å². The van der Waals surface area contributed by atoms with Crippen LogP contribution in [0.5, 0.6) is 5.75 Å². The van der Waals surface area contributed by atoms with Crippen molar-refractivity contribution in [1.29, 1.82) is 0 Å². The SMILES string of the molecule is CCOc1ccccc1NC(=O)c1sc2nc(CN(C)C)[nH]c(=O)c2c1C. The van der Waals surface area contributed by atoms with Gasteiger partial charge in [-0.15, -0.1) is 11.3 Å². The number of anilines is 1. The predicted octanol–water partition coefficient (Wildman–Crippen LogP) is 3.01. The lowest BCUT2D eigenvalue weighted by atomic mass is 10.2. The van der Waals surface area contributed by atoms with Gasteiger partial charge in [0.2, 0.25) is 0 Å². The van der Waals surface area contributed by atoms with E-state index in [-0.39, 0.29) is 11.5 Å². The van der Waals surface area contributed by atoms with Gasteiger partial charge in [-0.1, -0.05) is 12.1 Å². The van der Waals surface area contributed by atoms with E-state index in [1.54, 1.807) is 19.1 Å². The third-order valence-electron chi connectivity index (χ3n) is 3.96. The van der Waals surface area contributed by atoms with E-state index in [0.29, 0.717) is 51.1 Å². The molecule has 0 aliphatic rings. The number of nitrogens with one attached hydrogen (secondary N) is 2. The van der Waals surface area contributed by atoms with Crippen molar-refractivity contribution in [3.05, 3.63) is 50.9 Å². The summed E-state index contributed by atoms with van der Waals surface area (Å²) in [5.41, 5.74) is 1.00. The molecule has 0 saturated carbocycles. The summed E-state index contributed by atoms with van der Waals surface area (Å²) in [6.07, 6.45) is 0. The molecule has 2 heterocycles. The van der Waals surface area contributed by atoms with E-state index in [4.69, 9.17) is 4.74 Å². The van der Waals surface area contributed by atoms with Crippen molar-refractivity contribution in [2.75, 3.05) is 26.0 Å². The summed E-state index contributed by atoms with van der Waals surface area (Å²) in [6, 6.07) is 7.26. The van der Waals surface area contributed by atoms with Gasteiger partial charge >= 0.3 is 0 Å². The second kappa shape index (κ2) is 7.89. The Morgan fingerprint density at radius 2 is 2.07 bits per heavy atom. The highest BCUT2D eigenvalue weighted by molar-refractivity contribution is 7.20. The monoisotopic (exact) mass is 386 g/mol. The van der Waals surface area contributed by atoms with Crippen molar-refractivity contribution in [2.45, 2.75) is 20.4 Å². The third-order valence-corrected chi connectivity index (χ3v) is 5.14.